The van der Waals surface area contributed by atoms with Gasteiger partial charge in [0, 0.05) is 17.3 Å². The van der Waals surface area contributed by atoms with Gasteiger partial charge in [0.15, 0.2) is 0 Å². The van der Waals surface area contributed by atoms with Gasteiger partial charge in [-0.1, -0.05) is 42.1 Å². The Morgan fingerprint density at radius 1 is 1.21 bits per heavy atom. The maximum Gasteiger partial charge on any atom is 0.246 e. The Balaban J connectivity index is 1.73. The summed E-state index contributed by atoms with van der Waals surface area (Å²) in [5.74, 6) is 0.641. The molecule has 24 heavy (non-hydrogen) atoms. The van der Waals surface area contributed by atoms with E-state index in [0.29, 0.717) is 10.7 Å². The second-order valence-electron chi connectivity index (χ2n) is 7.61. The molecule has 2 aliphatic rings. The summed E-state index contributed by atoms with van der Waals surface area (Å²) >= 11 is 3.68. The molecule has 0 aliphatic heterocycles. The van der Waals surface area contributed by atoms with E-state index < -0.39 is 0 Å². The summed E-state index contributed by atoms with van der Waals surface area (Å²) in [6, 6.07) is 0.253. The summed E-state index contributed by atoms with van der Waals surface area (Å²) in [6.07, 6.45) is 9.53. The summed E-state index contributed by atoms with van der Waals surface area (Å²) in [4.78, 5) is 12.6. The van der Waals surface area contributed by atoms with Gasteiger partial charge in [-0.05, 0) is 45.4 Å². The van der Waals surface area contributed by atoms with Crippen molar-refractivity contribution in [2.24, 2.45) is 5.92 Å². The van der Waals surface area contributed by atoms with Gasteiger partial charge >= 0.3 is 0 Å². The maximum atomic E-state index is 12.2. The number of alkyl halides is 1. The number of hydrogen-bond acceptors (Lipinski definition) is 3. The summed E-state index contributed by atoms with van der Waals surface area (Å²) in [7, 11) is 0. The SMILES string of the molecule is CCC1CCC(OCC(=O)NC2CCCCC2Br)CC1OC(C)C. The van der Waals surface area contributed by atoms with Crippen LogP contribution in [-0.2, 0) is 14.3 Å². The van der Waals surface area contributed by atoms with Crippen molar-refractivity contribution < 1.29 is 14.3 Å². The molecule has 1 amide bonds. The van der Waals surface area contributed by atoms with Gasteiger partial charge < -0.3 is 14.8 Å². The van der Waals surface area contributed by atoms with Gasteiger partial charge in [0.25, 0.3) is 0 Å². The van der Waals surface area contributed by atoms with E-state index in [1.807, 2.05) is 0 Å². The van der Waals surface area contributed by atoms with Gasteiger partial charge in [0.05, 0.1) is 18.3 Å². The minimum absolute atomic E-state index is 0.0188. The Kier molecular flexibility index (Phi) is 8.52. The lowest BCUT2D eigenvalue weighted by Gasteiger charge is -2.36. The third-order valence-electron chi connectivity index (χ3n) is 5.33. The number of ether oxygens (including phenoxy) is 2. The Morgan fingerprint density at radius 2 is 1.96 bits per heavy atom. The normalized spacial score (nSPS) is 34.3. The predicted molar refractivity (Wildman–Crippen MR) is 100 cm³/mol. The van der Waals surface area contributed by atoms with E-state index in [4.69, 9.17) is 9.47 Å². The quantitative estimate of drug-likeness (QED) is 0.647. The Labute approximate surface area is 155 Å². The van der Waals surface area contributed by atoms with E-state index >= 15 is 0 Å². The smallest absolute Gasteiger partial charge is 0.246 e. The van der Waals surface area contributed by atoms with Crippen molar-refractivity contribution in [3.05, 3.63) is 0 Å². The molecule has 0 saturated heterocycles. The van der Waals surface area contributed by atoms with Crippen LogP contribution in [0.15, 0.2) is 0 Å². The number of hydrogen-bond donors (Lipinski definition) is 1. The maximum absolute atomic E-state index is 12.2. The molecule has 2 rings (SSSR count). The van der Waals surface area contributed by atoms with E-state index in [2.05, 4.69) is 42.0 Å². The number of amides is 1. The third-order valence-corrected chi connectivity index (χ3v) is 6.43. The molecule has 0 aromatic heterocycles. The molecule has 5 heteroatoms. The van der Waals surface area contributed by atoms with Crippen molar-refractivity contribution in [1.82, 2.24) is 5.32 Å². The van der Waals surface area contributed by atoms with Gasteiger partial charge in [0.1, 0.15) is 6.61 Å². The Bertz CT molecular complexity index is 391. The number of nitrogens with one attached hydrogen (secondary N) is 1. The molecule has 2 fully saturated rings. The summed E-state index contributed by atoms with van der Waals surface area (Å²) in [6.45, 7) is 6.58. The van der Waals surface area contributed by atoms with Crippen LogP contribution in [-0.4, -0.2) is 41.7 Å². The average Bonchev–Trinajstić information content (AvgIpc) is 2.55. The summed E-state index contributed by atoms with van der Waals surface area (Å²) in [5, 5.41) is 3.13. The number of carbonyl (C=O) groups is 1. The van der Waals surface area contributed by atoms with Gasteiger partial charge in [0.2, 0.25) is 5.91 Å². The fourth-order valence-corrected chi connectivity index (χ4v) is 4.70. The van der Waals surface area contributed by atoms with Crippen LogP contribution in [0.3, 0.4) is 0 Å². The van der Waals surface area contributed by atoms with E-state index in [1.54, 1.807) is 0 Å². The van der Waals surface area contributed by atoms with Crippen LogP contribution in [0.1, 0.15) is 72.1 Å². The van der Waals surface area contributed by atoms with Gasteiger partial charge in [-0.2, -0.15) is 0 Å². The topological polar surface area (TPSA) is 47.6 Å². The van der Waals surface area contributed by atoms with Crippen LogP contribution in [0.2, 0.25) is 0 Å². The highest BCUT2D eigenvalue weighted by atomic mass is 79.9. The fraction of sp³-hybridized carbons (Fsp3) is 0.947. The molecule has 140 valence electrons. The van der Waals surface area contributed by atoms with Crippen molar-refractivity contribution in [2.45, 2.75) is 101 Å². The first-order valence-electron chi connectivity index (χ1n) is 9.70. The lowest BCUT2D eigenvalue weighted by Crippen LogP contribution is -2.45. The first kappa shape index (κ1) is 20.2. The molecule has 0 bridgehead atoms. The number of halogens is 1. The van der Waals surface area contributed by atoms with Crippen LogP contribution in [0.4, 0.5) is 0 Å². The highest BCUT2D eigenvalue weighted by Crippen LogP contribution is 2.31. The fourth-order valence-electron chi connectivity index (χ4n) is 3.98. The first-order valence-corrected chi connectivity index (χ1v) is 10.6. The van der Waals surface area contributed by atoms with Crippen molar-refractivity contribution in [3.63, 3.8) is 0 Å². The second-order valence-corrected chi connectivity index (χ2v) is 8.79. The molecule has 0 radical (unpaired) electrons. The third kappa shape index (κ3) is 6.30. The van der Waals surface area contributed by atoms with Crippen molar-refractivity contribution in [3.8, 4) is 0 Å². The van der Waals surface area contributed by atoms with Crippen LogP contribution in [0.5, 0.6) is 0 Å². The predicted octanol–water partition coefficient (Wildman–Crippen LogP) is 4.20. The highest BCUT2D eigenvalue weighted by molar-refractivity contribution is 9.09. The number of rotatable bonds is 7. The van der Waals surface area contributed by atoms with Crippen molar-refractivity contribution >= 4 is 21.8 Å². The van der Waals surface area contributed by atoms with Gasteiger partial charge in [-0.15, -0.1) is 0 Å². The molecule has 4 nitrogen and oxygen atoms in total. The average molecular weight is 404 g/mol. The highest BCUT2D eigenvalue weighted by Gasteiger charge is 2.32. The first-order chi connectivity index (χ1) is 11.5. The lowest BCUT2D eigenvalue weighted by atomic mass is 9.83. The molecule has 2 saturated carbocycles. The minimum atomic E-state index is 0.0188. The molecule has 1 N–H and O–H groups in total. The zero-order valence-corrected chi connectivity index (χ0v) is 17.0. The van der Waals surface area contributed by atoms with E-state index in [-0.39, 0.29) is 36.9 Å². The Hall–Kier alpha value is -0.130. The van der Waals surface area contributed by atoms with Crippen LogP contribution in [0.25, 0.3) is 0 Å². The van der Waals surface area contributed by atoms with Crippen LogP contribution >= 0.6 is 15.9 Å². The standard InChI is InChI=1S/C19H34BrNO3/c1-4-14-9-10-15(11-18(14)24-13(2)3)23-12-19(22)21-17-8-6-5-7-16(17)20/h13-18H,4-12H2,1-3H3,(H,21,22). The Morgan fingerprint density at radius 3 is 2.62 bits per heavy atom. The van der Waals surface area contributed by atoms with E-state index in [9.17, 15) is 4.79 Å². The largest absolute Gasteiger partial charge is 0.375 e. The zero-order valence-electron chi connectivity index (χ0n) is 15.4. The zero-order chi connectivity index (χ0) is 17.5. The second kappa shape index (κ2) is 10.1. The molecule has 2 aliphatic carbocycles. The van der Waals surface area contributed by atoms with E-state index in [1.165, 1.54) is 12.8 Å². The van der Waals surface area contributed by atoms with Gasteiger partial charge in [-0.25, -0.2) is 0 Å². The summed E-state index contributed by atoms with van der Waals surface area (Å²) < 4.78 is 12.0. The monoisotopic (exact) mass is 403 g/mol. The molecular weight excluding hydrogens is 370 g/mol. The molecule has 0 spiro atoms. The molecule has 0 aromatic carbocycles. The molecule has 5 unspecified atom stereocenters. The van der Waals surface area contributed by atoms with E-state index in [0.717, 1.165) is 38.5 Å². The molecular formula is C19H34BrNO3. The molecule has 5 atom stereocenters. The molecule has 0 heterocycles. The number of carbonyl (C=O) groups excluding carboxylic acids is 1. The molecule has 0 aromatic rings. The minimum Gasteiger partial charge on any atom is -0.375 e. The van der Waals surface area contributed by atoms with Gasteiger partial charge in [-0.3, -0.25) is 4.79 Å². The van der Waals surface area contributed by atoms with Crippen LogP contribution < -0.4 is 5.32 Å². The van der Waals surface area contributed by atoms with Crippen LogP contribution in [0, 0.1) is 5.92 Å². The van der Waals surface area contributed by atoms with Crippen molar-refractivity contribution in [1.29, 1.82) is 0 Å². The summed E-state index contributed by atoms with van der Waals surface area (Å²) in [5.41, 5.74) is 0. The lowest BCUT2D eigenvalue weighted by molar-refractivity contribution is -0.133. The van der Waals surface area contributed by atoms with Crippen molar-refractivity contribution in [2.75, 3.05) is 6.61 Å².